The predicted molar refractivity (Wildman–Crippen MR) is 84.6 cm³/mol. The number of fused-ring (bicyclic) bond motifs is 1. The molecular weight excluding hydrogens is 294 g/mol. The number of carbonyl (C=O) groups excluding carboxylic acids is 2. The van der Waals surface area contributed by atoms with Gasteiger partial charge in [-0.15, -0.1) is 10.2 Å². The molecule has 1 saturated heterocycles. The number of carbonyl (C=O) groups is 2. The van der Waals surface area contributed by atoms with Gasteiger partial charge in [0.15, 0.2) is 5.82 Å². The fourth-order valence-electron chi connectivity index (χ4n) is 3.49. The standard InChI is InChI=1S/C16H25N5O2/c1-12(22)19(2)11-15(23)20-10-6-7-13(20)16-18-17-14-8-4-3-5-9-21(14)16/h13H,3-11H2,1-2H3/t13-/m0/s1. The van der Waals surface area contributed by atoms with E-state index in [9.17, 15) is 9.59 Å². The molecule has 2 amide bonds. The number of nitrogens with zero attached hydrogens (tertiary/aromatic N) is 5. The van der Waals surface area contributed by atoms with Gasteiger partial charge in [0, 0.05) is 33.5 Å². The molecule has 1 fully saturated rings. The Hall–Kier alpha value is -1.92. The molecule has 0 N–H and O–H groups in total. The Morgan fingerprint density at radius 3 is 2.78 bits per heavy atom. The lowest BCUT2D eigenvalue weighted by molar-refractivity contribution is -0.139. The lowest BCUT2D eigenvalue weighted by atomic mass is 10.2. The van der Waals surface area contributed by atoms with Crippen molar-refractivity contribution in [3.05, 3.63) is 11.6 Å². The maximum absolute atomic E-state index is 12.6. The molecule has 7 heteroatoms. The summed E-state index contributed by atoms with van der Waals surface area (Å²) in [6.07, 6.45) is 6.40. The fraction of sp³-hybridized carbons (Fsp3) is 0.750. The van der Waals surface area contributed by atoms with Crippen LogP contribution < -0.4 is 0 Å². The molecule has 2 aliphatic heterocycles. The van der Waals surface area contributed by atoms with E-state index in [0.717, 1.165) is 56.8 Å². The molecule has 7 nitrogen and oxygen atoms in total. The third kappa shape index (κ3) is 3.23. The summed E-state index contributed by atoms with van der Waals surface area (Å²) in [5.41, 5.74) is 0. The monoisotopic (exact) mass is 319 g/mol. The average molecular weight is 319 g/mol. The maximum atomic E-state index is 12.6. The van der Waals surface area contributed by atoms with Gasteiger partial charge in [-0.25, -0.2) is 0 Å². The van der Waals surface area contributed by atoms with Crippen LogP contribution in [0.25, 0.3) is 0 Å². The van der Waals surface area contributed by atoms with Gasteiger partial charge in [0.2, 0.25) is 11.8 Å². The van der Waals surface area contributed by atoms with Gasteiger partial charge >= 0.3 is 0 Å². The largest absolute Gasteiger partial charge is 0.337 e. The minimum absolute atomic E-state index is 0.00204. The van der Waals surface area contributed by atoms with Gasteiger partial charge in [0.25, 0.3) is 0 Å². The summed E-state index contributed by atoms with van der Waals surface area (Å²) in [4.78, 5) is 27.3. The molecule has 0 saturated carbocycles. The van der Waals surface area contributed by atoms with Crippen LogP contribution in [-0.2, 0) is 22.6 Å². The van der Waals surface area contributed by atoms with Crippen LogP contribution in [-0.4, -0.2) is 56.5 Å². The zero-order valence-electron chi connectivity index (χ0n) is 14.0. The number of likely N-dealkylation sites (tertiary alicyclic amines) is 1. The van der Waals surface area contributed by atoms with Crippen molar-refractivity contribution in [3.63, 3.8) is 0 Å². The minimum Gasteiger partial charge on any atom is -0.337 e. The summed E-state index contributed by atoms with van der Waals surface area (Å²) in [6.45, 7) is 3.29. The van der Waals surface area contributed by atoms with Gasteiger partial charge in [0.05, 0.1) is 12.6 Å². The highest BCUT2D eigenvalue weighted by Gasteiger charge is 2.34. The summed E-state index contributed by atoms with van der Waals surface area (Å²) in [5, 5.41) is 8.76. The topological polar surface area (TPSA) is 71.3 Å². The first kappa shape index (κ1) is 16.0. The molecule has 0 radical (unpaired) electrons. The van der Waals surface area contributed by atoms with E-state index in [2.05, 4.69) is 14.8 Å². The van der Waals surface area contributed by atoms with E-state index in [1.54, 1.807) is 7.05 Å². The molecule has 23 heavy (non-hydrogen) atoms. The quantitative estimate of drug-likeness (QED) is 0.838. The fourth-order valence-corrected chi connectivity index (χ4v) is 3.49. The summed E-state index contributed by atoms with van der Waals surface area (Å²) in [7, 11) is 1.66. The third-order valence-corrected chi connectivity index (χ3v) is 4.92. The molecule has 2 aliphatic rings. The Balaban J connectivity index is 1.78. The number of amides is 2. The second kappa shape index (κ2) is 6.68. The summed E-state index contributed by atoms with van der Waals surface area (Å²) in [5.74, 6) is 1.89. The van der Waals surface area contributed by atoms with Crippen molar-refractivity contribution in [3.8, 4) is 0 Å². The first-order chi connectivity index (χ1) is 11.1. The van der Waals surface area contributed by atoms with Crippen molar-refractivity contribution in [2.75, 3.05) is 20.1 Å². The molecule has 0 aliphatic carbocycles. The van der Waals surface area contributed by atoms with Gasteiger partial charge in [-0.1, -0.05) is 6.42 Å². The van der Waals surface area contributed by atoms with Crippen LogP contribution in [0.3, 0.4) is 0 Å². The summed E-state index contributed by atoms with van der Waals surface area (Å²) < 4.78 is 2.22. The summed E-state index contributed by atoms with van der Waals surface area (Å²) in [6, 6.07) is 0.00204. The van der Waals surface area contributed by atoms with Crippen LogP contribution in [0.2, 0.25) is 0 Å². The zero-order chi connectivity index (χ0) is 16.4. The van der Waals surface area contributed by atoms with Gasteiger partial charge in [-0.2, -0.15) is 0 Å². The van der Waals surface area contributed by atoms with Crippen LogP contribution in [0, 0.1) is 0 Å². The molecule has 1 atom stereocenters. The molecule has 3 rings (SSSR count). The van der Waals surface area contributed by atoms with Gasteiger partial charge in [0.1, 0.15) is 5.82 Å². The van der Waals surface area contributed by atoms with E-state index in [1.807, 2.05) is 4.90 Å². The number of aryl methyl sites for hydroxylation is 1. The Bertz CT molecular complexity index is 597. The molecule has 0 bridgehead atoms. The SMILES string of the molecule is CC(=O)N(C)CC(=O)N1CCC[C@H]1c1nnc2n1CCCCC2. The van der Waals surface area contributed by atoms with E-state index >= 15 is 0 Å². The smallest absolute Gasteiger partial charge is 0.242 e. The van der Waals surface area contributed by atoms with E-state index < -0.39 is 0 Å². The molecule has 1 aromatic heterocycles. The number of likely N-dealkylation sites (N-methyl/N-ethyl adjacent to an activating group) is 1. The number of aromatic nitrogens is 3. The van der Waals surface area contributed by atoms with E-state index in [4.69, 9.17) is 0 Å². The van der Waals surface area contributed by atoms with Crippen molar-refractivity contribution in [2.24, 2.45) is 0 Å². The van der Waals surface area contributed by atoms with E-state index in [-0.39, 0.29) is 24.4 Å². The molecule has 0 spiro atoms. The normalized spacial score (nSPS) is 21.0. The Morgan fingerprint density at radius 2 is 2.00 bits per heavy atom. The highest BCUT2D eigenvalue weighted by atomic mass is 16.2. The Kier molecular flexibility index (Phi) is 4.63. The molecule has 0 unspecified atom stereocenters. The second-order valence-electron chi connectivity index (χ2n) is 6.56. The van der Waals surface area contributed by atoms with Crippen molar-refractivity contribution >= 4 is 11.8 Å². The number of rotatable bonds is 3. The van der Waals surface area contributed by atoms with Crippen molar-refractivity contribution in [1.82, 2.24) is 24.6 Å². The van der Waals surface area contributed by atoms with Crippen LogP contribution >= 0.6 is 0 Å². The highest BCUT2D eigenvalue weighted by molar-refractivity contribution is 5.84. The predicted octanol–water partition coefficient (Wildman–Crippen LogP) is 1.15. The van der Waals surface area contributed by atoms with Crippen LogP contribution in [0.5, 0.6) is 0 Å². The molecule has 126 valence electrons. The first-order valence-electron chi connectivity index (χ1n) is 8.51. The Labute approximate surface area is 136 Å². The van der Waals surface area contributed by atoms with Crippen molar-refractivity contribution < 1.29 is 9.59 Å². The van der Waals surface area contributed by atoms with E-state index in [1.165, 1.54) is 18.2 Å². The summed E-state index contributed by atoms with van der Waals surface area (Å²) >= 11 is 0. The van der Waals surface area contributed by atoms with Crippen LogP contribution in [0.4, 0.5) is 0 Å². The van der Waals surface area contributed by atoms with Gasteiger partial charge in [-0.3, -0.25) is 9.59 Å². The van der Waals surface area contributed by atoms with Crippen LogP contribution in [0.15, 0.2) is 0 Å². The maximum Gasteiger partial charge on any atom is 0.242 e. The first-order valence-corrected chi connectivity index (χ1v) is 8.51. The molecule has 3 heterocycles. The number of hydrogen-bond donors (Lipinski definition) is 0. The van der Waals surface area contributed by atoms with Crippen molar-refractivity contribution in [2.45, 2.75) is 58.0 Å². The lowest BCUT2D eigenvalue weighted by Crippen LogP contribution is -2.40. The second-order valence-corrected chi connectivity index (χ2v) is 6.56. The van der Waals surface area contributed by atoms with Crippen LogP contribution in [0.1, 0.15) is 56.7 Å². The lowest BCUT2D eigenvalue weighted by Gasteiger charge is -2.26. The van der Waals surface area contributed by atoms with Crippen molar-refractivity contribution in [1.29, 1.82) is 0 Å². The Morgan fingerprint density at radius 1 is 1.17 bits per heavy atom. The zero-order valence-corrected chi connectivity index (χ0v) is 14.0. The highest BCUT2D eigenvalue weighted by Crippen LogP contribution is 2.32. The average Bonchev–Trinajstić information content (AvgIpc) is 3.08. The number of hydrogen-bond acceptors (Lipinski definition) is 4. The minimum atomic E-state index is -0.0922. The third-order valence-electron chi connectivity index (χ3n) is 4.92. The van der Waals surface area contributed by atoms with E-state index in [0.29, 0.717) is 0 Å². The van der Waals surface area contributed by atoms with Gasteiger partial charge in [-0.05, 0) is 25.7 Å². The molecular formula is C16H25N5O2. The molecule has 1 aromatic rings. The molecule has 0 aromatic carbocycles. The van der Waals surface area contributed by atoms with Gasteiger partial charge < -0.3 is 14.4 Å².